The molecule has 1 aliphatic heterocycles. The van der Waals surface area contributed by atoms with E-state index in [0.29, 0.717) is 5.92 Å². The van der Waals surface area contributed by atoms with Crippen molar-refractivity contribution >= 4 is 0 Å². The third-order valence-electron chi connectivity index (χ3n) is 4.25. The highest BCUT2D eigenvalue weighted by atomic mass is 15.3. The van der Waals surface area contributed by atoms with Crippen LogP contribution in [0.2, 0.25) is 0 Å². The maximum absolute atomic E-state index is 4.49. The number of hydrogen-bond acceptors (Lipinski definition) is 4. The van der Waals surface area contributed by atoms with Crippen LogP contribution < -0.4 is 0 Å². The van der Waals surface area contributed by atoms with Crippen LogP contribution in [0, 0.1) is 12.8 Å². The van der Waals surface area contributed by atoms with E-state index >= 15 is 0 Å². The van der Waals surface area contributed by atoms with Crippen LogP contribution >= 0.6 is 0 Å². The standard InChI is InChI=1S/C16H26N6/c1-13-7-16(20(4)18-13)12-21-9-14(8-19(2)3)10-22-15(11-21)5-6-17-22/h5-7,14H,8-12H2,1-4H3. The minimum Gasteiger partial charge on any atom is -0.309 e. The van der Waals surface area contributed by atoms with Gasteiger partial charge in [-0.25, -0.2) is 0 Å². The highest BCUT2D eigenvalue weighted by molar-refractivity contribution is 5.09. The van der Waals surface area contributed by atoms with Crippen molar-refractivity contribution < 1.29 is 0 Å². The molecule has 22 heavy (non-hydrogen) atoms. The second-order valence-electron chi connectivity index (χ2n) is 6.70. The summed E-state index contributed by atoms with van der Waals surface area (Å²) in [6.07, 6.45) is 1.92. The molecule has 0 bridgehead atoms. The highest BCUT2D eigenvalue weighted by Gasteiger charge is 2.23. The molecule has 1 unspecified atom stereocenters. The molecule has 3 rings (SSSR count). The van der Waals surface area contributed by atoms with E-state index in [4.69, 9.17) is 0 Å². The van der Waals surface area contributed by atoms with Gasteiger partial charge in [-0.2, -0.15) is 10.2 Å². The first-order valence-electron chi connectivity index (χ1n) is 7.88. The Hall–Kier alpha value is -1.66. The van der Waals surface area contributed by atoms with E-state index in [9.17, 15) is 0 Å². The lowest BCUT2D eigenvalue weighted by molar-refractivity contribution is 0.190. The number of hydrogen-bond donors (Lipinski definition) is 0. The predicted molar refractivity (Wildman–Crippen MR) is 86.3 cm³/mol. The topological polar surface area (TPSA) is 42.1 Å². The van der Waals surface area contributed by atoms with Crippen molar-refractivity contribution in [2.75, 3.05) is 27.2 Å². The summed E-state index contributed by atoms with van der Waals surface area (Å²) in [6.45, 7) is 7.11. The SMILES string of the molecule is Cc1cc(CN2Cc3ccnn3CC(CN(C)C)C2)n(C)n1. The summed E-state index contributed by atoms with van der Waals surface area (Å²) in [5.41, 5.74) is 3.66. The molecule has 0 amide bonds. The van der Waals surface area contributed by atoms with E-state index in [2.05, 4.69) is 57.8 Å². The van der Waals surface area contributed by atoms with Crippen LogP contribution in [0.1, 0.15) is 17.1 Å². The summed E-state index contributed by atoms with van der Waals surface area (Å²) in [5.74, 6) is 0.588. The molecule has 0 radical (unpaired) electrons. The zero-order valence-electron chi connectivity index (χ0n) is 14.0. The smallest absolute Gasteiger partial charge is 0.0597 e. The molecular formula is C16H26N6. The average Bonchev–Trinajstić information content (AvgIpc) is 2.92. The zero-order valence-corrected chi connectivity index (χ0v) is 14.0. The van der Waals surface area contributed by atoms with E-state index in [1.165, 1.54) is 11.4 Å². The molecule has 6 heteroatoms. The summed E-state index contributed by atoms with van der Waals surface area (Å²) in [5, 5.41) is 8.96. The Bertz CT molecular complexity index is 626. The summed E-state index contributed by atoms with van der Waals surface area (Å²) < 4.78 is 4.17. The first-order chi connectivity index (χ1) is 10.5. The summed E-state index contributed by atoms with van der Waals surface area (Å²) in [4.78, 5) is 4.79. The lowest BCUT2D eigenvalue weighted by Crippen LogP contribution is -2.34. The first-order valence-corrected chi connectivity index (χ1v) is 7.88. The summed E-state index contributed by atoms with van der Waals surface area (Å²) in [7, 11) is 6.31. The number of rotatable bonds is 4. The molecule has 3 heterocycles. The van der Waals surface area contributed by atoms with Gasteiger partial charge in [0.15, 0.2) is 0 Å². The molecule has 0 N–H and O–H groups in total. The molecular weight excluding hydrogens is 276 g/mol. The molecule has 0 saturated carbocycles. The number of aromatic nitrogens is 4. The molecule has 6 nitrogen and oxygen atoms in total. The van der Waals surface area contributed by atoms with Crippen molar-refractivity contribution in [1.29, 1.82) is 0 Å². The maximum atomic E-state index is 4.49. The molecule has 0 spiro atoms. The van der Waals surface area contributed by atoms with Gasteiger partial charge in [0.25, 0.3) is 0 Å². The van der Waals surface area contributed by atoms with Crippen LogP contribution in [-0.2, 0) is 26.7 Å². The van der Waals surface area contributed by atoms with Crippen LogP contribution in [-0.4, -0.2) is 56.5 Å². The van der Waals surface area contributed by atoms with Crippen LogP contribution in [0.4, 0.5) is 0 Å². The van der Waals surface area contributed by atoms with E-state index in [1.54, 1.807) is 0 Å². The largest absolute Gasteiger partial charge is 0.309 e. The Kier molecular flexibility index (Phi) is 4.31. The fourth-order valence-corrected chi connectivity index (χ4v) is 3.41. The predicted octanol–water partition coefficient (Wildman–Crippen LogP) is 1.12. The molecule has 2 aromatic heterocycles. The van der Waals surface area contributed by atoms with Crippen molar-refractivity contribution in [2.24, 2.45) is 13.0 Å². The lowest BCUT2D eigenvalue weighted by atomic mass is 10.1. The van der Waals surface area contributed by atoms with Crippen molar-refractivity contribution in [3.63, 3.8) is 0 Å². The van der Waals surface area contributed by atoms with Crippen LogP contribution in [0.3, 0.4) is 0 Å². The second kappa shape index (κ2) is 6.22. The summed E-state index contributed by atoms with van der Waals surface area (Å²) in [6, 6.07) is 4.32. The third-order valence-corrected chi connectivity index (χ3v) is 4.25. The Morgan fingerprint density at radius 2 is 2.14 bits per heavy atom. The van der Waals surface area contributed by atoms with Gasteiger partial charge in [-0.15, -0.1) is 0 Å². The molecule has 1 aliphatic rings. The van der Waals surface area contributed by atoms with Crippen LogP contribution in [0.15, 0.2) is 18.3 Å². The van der Waals surface area contributed by atoms with Crippen LogP contribution in [0.25, 0.3) is 0 Å². The molecule has 1 atom stereocenters. The molecule has 0 aliphatic carbocycles. The van der Waals surface area contributed by atoms with Gasteiger partial charge in [0.1, 0.15) is 0 Å². The van der Waals surface area contributed by atoms with E-state index in [1.807, 2.05) is 17.9 Å². The van der Waals surface area contributed by atoms with E-state index in [-0.39, 0.29) is 0 Å². The third kappa shape index (κ3) is 3.39. The number of aryl methyl sites for hydroxylation is 2. The van der Waals surface area contributed by atoms with Gasteiger partial charge in [0, 0.05) is 51.9 Å². The fraction of sp³-hybridized carbons (Fsp3) is 0.625. The van der Waals surface area contributed by atoms with E-state index < -0.39 is 0 Å². The van der Waals surface area contributed by atoms with Crippen molar-refractivity contribution in [2.45, 2.75) is 26.6 Å². The fourth-order valence-electron chi connectivity index (χ4n) is 3.41. The van der Waals surface area contributed by atoms with Crippen molar-refractivity contribution in [3.8, 4) is 0 Å². The molecule has 0 saturated heterocycles. The zero-order chi connectivity index (χ0) is 15.7. The van der Waals surface area contributed by atoms with Gasteiger partial charge in [-0.1, -0.05) is 0 Å². The van der Waals surface area contributed by atoms with Gasteiger partial charge in [0.05, 0.1) is 17.1 Å². The Morgan fingerprint density at radius 1 is 1.32 bits per heavy atom. The second-order valence-corrected chi connectivity index (χ2v) is 6.70. The average molecular weight is 302 g/mol. The number of nitrogens with zero attached hydrogens (tertiary/aromatic N) is 6. The lowest BCUT2D eigenvalue weighted by Gasteiger charge is -2.25. The monoisotopic (exact) mass is 302 g/mol. The van der Waals surface area contributed by atoms with Gasteiger partial charge in [-0.05, 0) is 33.2 Å². The van der Waals surface area contributed by atoms with Gasteiger partial charge < -0.3 is 4.90 Å². The molecule has 120 valence electrons. The van der Waals surface area contributed by atoms with Crippen molar-refractivity contribution in [3.05, 3.63) is 35.4 Å². The molecule has 0 fully saturated rings. The quantitative estimate of drug-likeness (QED) is 0.849. The Balaban J connectivity index is 1.79. The van der Waals surface area contributed by atoms with Gasteiger partial charge in [-0.3, -0.25) is 14.3 Å². The van der Waals surface area contributed by atoms with E-state index in [0.717, 1.165) is 38.4 Å². The Morgan fingerprint density at radius 3 is 2.82 bits per heavy atom. The molecule has 2 aromatic rings. The number of fused-ring (bicyclic) bond motifs is 1. The minimum absolute atomic E-state index is 0.588. The van der Waals surface area contributed by atoms with Crippen molar-refractivity contribution in [1.82, 2.24) is 29.4 Å². The van der Waals surface area contributed by atoms with Gasteiger partial charge >= 0.3 is 0 Å². The minimum atomic E-state index is 0.588. The maximum Gasteiger partial charge on any atom is 0.0597 e. The first kappa shape index (κ1) is 15.2. The summed E-state index contributed by atoms with van der Waals surface area (Å²) >= 11 is 0. The van der Waals surface area contributed by atoms with Crippen LogP contribution in [0.5, 0.6) is 0 Å². The Labute approximate surface area is 132 Å². The highest BCUT2D eigenvalue weighted by Crippen LogP contribution is 2.18. The van der Waals surface area contributed by atoms with Gasteiger partial charge in [0.2, 0.25) is 0 Å². The molecule has 0 aromatic carbocycles. The normalized spacial score (nSPS) is 19.4.